The molecule has 0 saturated heterocycles. The number of amides is 1. The molecular formula is C26H25N3O2S2. The number of thioether (sulfide) groups is 1. The van der Waals surface area contributed by atoms with Crippen molar-refractivity contribution in [2.75, 3.05) is 5.75 Å². The van der Waals surface area contributed by atoms with Gasteiger partial charge >= 0.3 is 0 Å². The van der Waals surface area contributed by atoms with Gasteiger partial charge in [0.05, 0.1) is 22.9 Å². The average molecular weight is 476 g/mol. The van der Waals surface area contributed by atoms with E-state index >= 15 is 0 Å². The minimum absolute atomic E-state index is 0.0482. The van der Waals surface area contributed by atoms with Crippen LogP contribution in [-0.4, -0.2) is 21.6 Å². The Hall–Kier alpha value is -2.90. The Morgan fingerprint density at radius 3 is 2.67 bits per heavy atom. The Morgan fingerprint density at radius 1 is 1.12 bits per heavy atom. The maximum atomic E-state index is 12.8. The zero-order valence-electron chi connectivity index (χ0n) is 18.4. The molecule has 5 nitrogen and oxygen atoms in total. The first-order valence-electron chi connectivity index (χ1n) is 11.1. The number of carbonyl (C=O) groups is 1. The van der Waals surface area contributed by atoms with Crippen LogP contribution in [0.5, 0.6) is 0 Å². The number of aromatic nitrogens is 2. The van der Waals surface area contributed by atoms with Gasteiger partial charge in [0.15, 0.2) is 0 Å². The first kappa shape index (κ1) is 21.9. The molecule has 0 saturated carbocycles. The van der Waals surface area contributed by atoms with Gasteiger partial charge in [-0.3, -0.25) is 9.59 Å². The van der Waals surface area contributed by atoms with E-state index in [9.17, 15) is 9.59 Å². The summed E-state index contributed by atoms with van der Waals surface area (Å²) in [5.74, 6) is 1.36. The fraction of sp³-hybridized carbons (Fsp3) is 0.269. The van der Waals surface area contributed by atoms with E-state index in [0.717, 1.165) is 40.6 Å². The maximum absolute atomic E-state index is 12.8. The molecule has 5 rings (SSSR count). The van der Waals surface area contributed by atoms with Gasteiger partial charge in [-0.05, 0) is 42.9 Å². The van der Waals surface area contributed by atoms with Crippen molar-refractivity contribution in [2.24, 2.45) is 0 Å². The van der Waals surface area contributed by atoms with Crippen LogP contribution in [0, 0.1) is 6.92 Å². The topological polar surface area (TPSA) is 74.8 Å². The molecule has 0 bridgehead atoms. The van der Waals surface area contributed by atoms with Gasteiger partial charge in [0.2, 0.25) is 5.91 Å². The molecule has 4 aromatic rings. The summed E-state index contributed by atoms with van der Waals surface area (Å²) in [5.41, 5.74) is 4.41. The van der Waals surface area contributed by atoms with Gasteiger partial charge in [0, 0.05) is 4.88 Å². The molecule has 2 N–H and O–H groups in total. The molecule has 1 aliphatic rings. The van der Waals surface area contributed by atoms with E-state index in [4.69, 9.17) is 0 Å². The van der Waals surface area contributed by atoms with Crippen LogP contribution in [0.1, 0.15) is 45.4 Å². The van der Waals surface area contributed by atoms with Gasteiger partial charge in [0.25, 0.3) is 5.56 Å². The molecule has 1 unspecified atom stereocenters. The van der Waals surface area contributed by atoms with E-state index in [-0.39, 0.29) is 23.3 Å². The quantitative estimate of drug-likeness (QED) is 0.398. The number of carbonyl (C=O) groups excluding carboxylic acids is 1. The van der Waals surface area contributed by atoms with Gasteiger partial charge < -0.3 is 10.3 Å². The lowest BCUT2D eigenvalue weighted by Gasteiger charge is -2.20. The molecule has 0 fully saturated rings. The summed E-state index contributed by atoms with van der Waals surface area (Å²) in [6, 6.07) is 18.0. The van der Waals surface area contributed by atoms with Crippen molar-refractivity contribution < 1.29 is 4.79 Å². The molecule has 2 aromatic carbocycles. The number of fused-ring (bicyclic) bond motifs is 3. The van der Waals surface area contributed by atoms with Gasteiger partial charge in [-0.25, -0.2) is 4.98 Å². The van der Waals surface area contributed by atoms with Crippen LogP contribution in [-0.2, 0) is 23.4 Å². The van der Waals surface area contributed by atoms with Gasteiger partial charge in [-0.15, -0.1) is 23.1 Å². The highest BCUT2D eigenvalue weighted by molar-refractivity contribution is 7.99. The molecule has 0 aliphatic heterocycles. The SMILES string of the molecule is Cc1ccc(C(NC(=O)CSCc2nc3sc4c(c3c(=O)[nH]2)CCC4)c2ccccc2)cc1. The third-order valence-electron chi connectivity index (χ3n) is 5.94. The zero-order valence-corrected chi connectivity index (χ0v) is 20.0. The maximum Gasteiger partial charge on any atom is 0.259 e. The second-order valence-corrected chi connectivity index (χ2v) is 10.4. The third kappa shape index (κ3) is 4.75. The van der Waals surface area contributed by atoms with Crippen molar-refractivity contribution in [1.29, 1.82) is 0 Å². The van der Waals surface area contributed by atoms with Crippen molar-refractivity contribution in [3.05, 3.63) is 97.9 Å². The number of nitrogens with one attached hydrogen (secondary N) is 2. The lowest BCUT2D eigenvalue weighted by Crippen LogP contribution is -2.30. The highest BCUT2D eigenvalue weighted by Crippen LogP contribution is 2.34. The van der Waals surface area contributed by atoms with E-state index in [0.29, 0.717) is 11.6 Å². The molecule has 2 heterocycles. The van der Waals surface area contributed by atoms with Gasteiger partial charge in [-0.2, -0.15) is 0 Å². The summed E-state index contributed by atoms with van der Waals surface area (Å²) in [4.78, 5) is 35.2. The predicted octanol–water partition coefficient (Wildman–Crippen LogP) is 4.92. The molecule has 1 atom stereocenters. The molecule has 0 spiro atoms. The van der Waals surface area contributed by atoms with E-state index in [1.54, 1.807) is 11.3 Å². The minimum atomic E-state index is -0.206. The fourth-order valence-corrected chi connectivity index (χ4v) is 6.30. The van der Waals surface area contributed by atoms with E-state index in [1.165, 1.54) is 27.8 Å². The van der Waals surface area contributed by atoms with Crippen LogP contribution < -0.4 is 10.9 Å². The second-order valence-electron chi connectivity index (χ2n) is 8.36. The monoisotopic (exact) mass is 475 g/mol. The van der Waals surface area contributed by atoms with E-state index < -0.39 is 0 Å². The Bertz CT molecular complexity index is 1340. The minimum Gasteiger partial charge on any atom is -0.344 e. The van der Waals surface area contributed by atoms with Crippen molar-refractivity contribution in [1.82, 2.24) is 15.3 Å². The smallest absolute Gasteiger partial charge is 0.259 e. The first-order valence-corrected chi connectivity index (χ1v) is 13.1. The van der Waals surface area contributed by atoms with E-state index in [2.05, 4.69) is 46.5 Å². The molecule has 7 heteroatoms. The summed E-state index contributed by atoms with van der Waals surface area (Å²) < 4.78 is 0. The largest absolute Gasteiger partial charge is 0.344 e. The number of nitrogens with zero attached hydrogens (tertiary/aromatic N) is 1. The molecule has 168 valence electrons. The van der Waals surface area contributed by atoms with Crippen molar-refractivity contribution >= 4 is 39.2 Å². The van der Waals surface area contributed by atoms with Crippen molar-refractivity contribution in [3.8, 4) is 0 Å². The van der Waals surface area contributed by atoms with Crippen LogP contribution in [0.25, 0.3) is 10.2 Å². The van der Waals surface area contributed by atoms with Crippen LogP contribution in [0.15, 0.2) is 59.4 Å². The zero-order chi connectivity index (χ0) is 22.8. The fourth-order valence-electron chi connectivity index (χ4n) is 4.32. The van der Waals surface area contributed by atoms with Crippen LogP contribution in [0.2, 0.25) is 0 Å². The molecule has 33 heavy (non-hydrogen) atoms. The Labute approximate surface area is 200 Å². The lowest BCUT2D eigenvalue weighted by molar-refractivity contribution is -0.119. The average Bonchev–Trinajstić information content (AvgIpc) is 3.40. The summed E-state index contributed by atoms with van der Waals surface area (Å²) >= 11 is 3.10. The number of H-pyrrole nitrogens is 1. The molecule has 0 radical (unpaired) electrons. The number of aromatic amines is 1. The number of aryl methyl sites for hydroxylation is 3. The Kier molecular flexibility index (Phi) is 6.33. The predicted molar refractivity (Wildman–Crippen MR) is 136 cm³/mol. The number of thiophene rings is 1. The normalized spacial score (nSPS) is 13.7. The van der Waals surface area contributed by atoms with Crippen molar-refractivity contribution in [2.45, 2.75) is 38.0 Å². The molecule has 2 aromatic heterocycles. The number of benzene rings is 2. The van der Waals surface area contributed by atoms with Crippen LogP contribution in [0.4, 0.5) is 0 Å². The molecular weight excluding hydrogens is 450 g/mol. The number of hydrogen-bond acceptors (Lipinski definition) is 5. The molecule has 1 amide bonds. The van der Waals surface area contributed by atoms with Crippen LogP contribution >= 0.6 is 23.1 Å². The van der Waals surface area contributed by atoms with E-state index in [1.807, 2.05) is 30.3 Å². The number of rotatable bonds is 7. The van der Waals surface area contributed by atoms with Gasteiger partial charge in [-0.1, -0.05) is 60.2 Å². The lowest BCUT2D eigenvalue weighted by atomic mass is 9.98. The van der Waals surface area contributed by atoms with Crippen LogP contribution in [0.3, 0.4) is 0 Å². The summed E-state index contributed by atoms with van der Waals surface area (Å²) in [7, 11) is 0. The summed E-state index contributed by atoms with van der Waals surface area (Å²) in [5, 5.41) is 3.94. The summed E-state index contributed by atoms with van der Waals surface area (Å²) in [6.07, 6.45) is 3.14. The van der Waals surface area contributed by atoms with Gasteiger partial charge in [0.1, 0.15) is 10.7 Å². The highest BCUT2D eigenvalue weighted by Gasteiger charge is 2.21. The third-order valence-corrected chi connectivity index (χ3v) is 8.07. The summed E-state index contributed by atoms with van der Waals surface area (Å²) in [6.45, 7) is 2.05. The first-order chi connectivity index (χ1) is 16.1. The Balaban J connectivity index is 1.25. The highest BCUT2D eigenvalue weighted by atomic mass is 32.2. The Morgan fingerprint density at radius 2 is 1.88 bits per heavy atom. The second kappa shape index (κ2) is 9.53. The number of hydrogen-bond donors (Lipinski definition) is 2. The molecule has 1 aliphatic carbocycles. The standard InChI is InChI=1S/C26H25N3O2S2/c1-16-10-12-18(13-11-16)24(17-6-3-2-4-7-17)29-22(30)15-32-14-21-27-25(31)23-19-8-5-9-20(19)33-26(23)28-21/h2-4,6-7,10-13,24H,5,8-9,14-15H2,1H3,(H,29,30)(H,27,28,31). The van der Waals surface area contributed by atoms with Crippen molar-refractivity contribution in [3.63, 3.8) is 0 Å².